The number of carbonyl (C=O) groups is 2. The third-order valence-electron chi connectivity index (χ3n) is 3.16. The number of anilines is 1. The molecule has 1 aliphatic carbocycles. The van der Waals surface area contributed by atoms with Gasteiger partial charge in [-0.25, -0.2) is 8.78 Å². The number of nitrogen functional groups attached to an aromatic ring is 1. The summed E-state index contributed by atoms with van der Waals surface area (Å²) in [6.07, 6.45) is 2.68. The van der Waals surface area contributed by atoms with Crippen molar-refractivity contribution >= 4 is 17.5 Å². The topological polar surface area (TPSA) is 84.2 Å². The fourth-order valence-corrected chi connectivity index (χ4v) is 1.84. The van der Waals surface area contributed by atoms with Crippen molar-refractivity contribution in [3.05, 3.63) is 29.3 Å². The smallest absolute Gasteiger partial charge is 0.257 e. The number of nitrogens with one attached hydrogen (secondary N) is 2. The highest BCUT2D eigenvalue weighted by Crippen LogP contribution is 2.19. The fourth-order valence-electron chi connectivity index (χ4n) is 1.84. The van der Waals surface area contributed by atoms with Crippen molar-refractivity contribution in [2.45, 2.75) is 31.7 Å². The molecule has 1 saturated carbocycles. The monoisotopic (exact) mass is 297 g/mol. The Bertz CT molecular complexity index is 559. The maximum atomic E-state index is 13.6. The molecule has 0 aliphatic heterocycles. The molecule has 2 amide bonds. The average Bonchev–Trinajstić information content (AvgIpc) is 3.23. The number of amides is 2. The fraction of sp³-hybridized carbons (Fsp3) is 0.429. The van der Waals surface area contributed by atoms with Crippen LogP contribution in [0.2, 0.25) is 0 Å². The van der Waals surface area contributed by atoms with Crippen LogP contribution in [0.15, 0.2) is 12.1 Å². The Morgan fingerprint density at radius 1 is 1.29 bits per heavy atom. The number of nitrogens with two attached hydrogens (primary N) is 1. The molecule has 1 aromatic carbocycles. The number of hydrogen-bond acceptors (Lipinski definition) is 3. The summed E-state index contributed by atoms with van der Waals surface area (Å²) in [5.74, 6) is -2.99. The van der Waals surface area contributed by atoms with Crippen molar-refractivity contribution in [1.82, 2.24) is 10.6 Å². The van der Waals surface area contributed by atoms with Crippen LogP contribution in [0.4, 0.5) is 14.5 Å². The van der Waals surface area contributed by atoms with Gasteiger partial charge < -0.3 is 16.4 Å². The molecule has 21 heavy (non-hydrogen) atoms. The molecule has 7 heteroatoms. The summed E-state index contributed by atoms with van der Waals surface area (Å²) in [6, 6.07) is 2.29. The molecule has 0 unspecified atom stereocenters. The molecule has 4 N–H and O–H groups in total. The van der Waals surface area contributed by atoms with Gasteiger partial charge in [0.25, 0.3) is 5.91 Å². The summed E-state index contributed by atoms with van der Waals surface area (Å²) >= 11 is 0. The van der Waals surface area contributed by atoms with E-state index in [0.29, 0.717) is 12.5 Å². The molecule has 0 aromatic heterocycles. The van der Waals surface area contributed by atoms with Gasteiger partial charge in [0.05, 0.1) is 5.69 Å². The van der Waals surface area contributed by atoms with E-state index in [2.05, 4.69) is 10.6 Å². The first-order valence-corrected chi connectivity index (χ1v) is 6.80. The van der Waals surface area contributed by atoms with Crippen LogP contribution in [0.3, 0.4) is 0 Å². The SMILES string of the molecule is Nc1ccc(F)c(C(=O)NCCCC(=O)NC2CC2)c1F. The number of rotatable bonds is 6. The average molecular weight is 297 g/mol. The molecule has 0 saturated heterocycles. The molecule has 1 fully saturated rings. The van der Waals surface area contributed by atoms with Crippen molar-refractivity contribution < 1.29 is 18.4 Å². The van der Waals surface area contributed by atoms with E-state index in [9.17, 15) is 18.4 Å². The van der Waals surface area contributed by atoms with E-state index in [1.165, 1.54) is 0 Å². The molecule has 1 aliphatic rings. The molecule has 0 heterocycles. The normalized spacial score (nSPS) is 13.8. The molecular weight excluding hydrogens is 280 g/mol. The maximum Gasteiger partial charge on any atom is 0.257 e. The molecule has 1 aromatic rings. The zero-order chi connectivity index (χ0) is 15.4. The quantitative estimate of drug-likeness (QED) is 0.547. The summed E-state index contributed by atoms with van der Waals surface area (Å²) in [5, 5.41) is 5.19. The highest BCUT2D eigenvalue weighted by molar-refractivity contribution is 5.95. The number of benzene rings is 1. The molecule has 0 radical (unpaired) electrons. The first-order valence-electron chi connectivity index (χ1n) is 6.80. The van der Waals surface area contributed by atoms with Crippen LogP contribution in [0, 0.1) is 11.6 Å². The molecule has 114 valence electrons. The lowest BCUT2D eigenvalue weighted by Gasteiger charge is -2.08. The van der Waals surface area contributed by atoms with E-state index in [1.54, 1.807) is 0 Å². The van der Waals surface area contributed by atoms with Gasteiger partial charge in [-0.1, -0.05) is 0 Å². The van der Waals surface area contributed by atoms with Crippen LogP contribution in [0.25, 0.3) is 0 Å². The third kappa shape index (κ3) is 4.14. The Morgan fingerprint density at radius 3 is 2.67 bits per heavy atom. The second kappa shape index (κ2) is 6.51. The van der Waals surface area contributed by atoms with E-state index in [4.69, 9.17) is 5.73 Å². The zero-order valence-electron chi connectivity index (χ0n) is 11.4. The highest BCUT2D eigenvalue weighted by Gasteiger charge is 2.23. The maximum absolute atomic E-state index is 13.6. The largest absolute Gasteiger partial charge is 0.396 e. The predicted molar refractivity (Wildman–Crippen MR) is 73.5 cm³/mol. The first kappa shape index (κ1) is 15.2. The van der Waals surface area contributed by atoms with Crippen LogP contribution < -0.4 is 16.4 Å². The van der Waals surface area contributed by atoms with E-state index in [-0.39, 0.29) is 24.6 Å². The Labute approximate surface area is 120 Å². The third-order valence-corrected chi connectivity index (χ3v) is 3.16. The summed E-state index contributed by atoms with van der Waals surface area (Å²) in [6.45, 7) is 0.157. The Balaban J connectivity index is 1.79. The van der Waals surface area contributed by atoms with Gasteiger partial charge in [-0.2, -0.15) is 0 Å². The minimum absolute atomic E-state index is 0.0759. The summed E-state index contributed by atoms with van der Waals surface area (Å²) in [5.41, 5.74) is 4.32. The minimum Gasteiger partial charge on any atom is -0.396 e. The van der Waals surface area contributed by atoms with E-state index >= 15 is 0 Å². The van der Waals surface area contributed by atoms with Crippen LogP contribution >= 0.6 is 0 Å². The van der Waals surface area contributed by atoms with Crippen molar-refractivity contribution in [2.24, 2.45) is 0 Å². The second-order valence-electron chi connectivity index (χ2n) is 5.03. The lowest BCUT2D eigenvalue weighted by molar-refractivity contribution is -0.121. The van der Waals surface area contributed by atoms with Crippen LogP contribution in [0.1, 0.15) is 36.0 Å². The summed E-state index contributed by atoms with van der Waals surface area (Å²) < 4.78 is 27.1. The lowest BCUT2D eigenvalue weighted by Crippen LogP contribution is -2.29. The minimum atomic E-state index is -1.07. The van der Waals surface area contributed by atoms with Gasteiger partial charge in [0.1, 0.15) is 11.4 Å². The van der Waals surface area contributed by atoms with Gasteiger partial charge in [0.15, 0.2) is 5.82 Å². The van der Waals surface area contributed by atoms with E-state index in [1.807, 2.05) is 0 Å². The van der Waals surface area contributed by atoms with Crippen LogP contribution in [0.5, 0.6) is 0 Å². The van der Waals surface area contributed by atoms with Crippen molar-refractivity contribution in [3.8, 4) is 0 Å². The molecular formula is C14H17F2N3O2. The predicted octanol–water partition coefficient (Wildman–Crippen LogP) is 1.34. The highest BCUT2D eigenvalue weighted by atomic mass is 19.1. The molecule has 5 nitrogen and oxygen atoms in total. The van der Waals surface area contributed by atoms with Gasteiger partial charge in [-0.05, 0) is 31.4 Å². The molecule has 0 bridgehead atoms. The summed E-state index contributed by atoms with van der Waals surface area (Å²) in [4.78, 5) is 23.1. The molecule has 0 atom stereocenters. The Hall–Kier alpha value is -2.18. The van der Waals surface area contributed by atoms with Crippen LogP contribution in [-0.2, 0) is 4.79 Å². The van der Waals surface area contributed by atoms with Crippen molar-refractivity contribution in [3.63, 3.8) is 0 Å². The van der Waals surface area contributed by atoms with Crippen molar-refractivity contribution in [2.75, 3.05) is 12.3 Å². The van der Waals surface area contributed by atoms with E-state index < -0.39 is 23.1 Å². The second-order valence-corrected chi connectivity index (χ2v) is 5.03. The van der Waals surface area contributed by atoms with Crippen molar-refractivity contribution in [1.29, 1.82) is 0 Å². The van der Waals surface area contributed by atoms with E-state index in [0.717, 1.165) is 25.0 Å². The van der Waals surface area contributed by atoms with Gasteiger partial charge in [-0.15, -0.1) is 0 Å². The number of hydrogen-bond donors (Lipinski definition) is 3. The van der Waals surface area contributed by atoms with Gasteiger partial charge in [-0.3, -0.25) is 9.59 Å². The number of halogens is 2. The standard InChI is InChI=1S/C14H17F2N3O2/c15-9-5-6-10(17)13(16)12(9)14(21)18-7-1-2-11(20)19-8-3-4-8/h5-6,8H,1-4,7,17H2,(H,18,21)(H,19,20). The Kier molecular flexibility index (Phi) is 4.72. The van der Waals surface area contributed by atoms with Gasteiger partial charge >= 0.3 is 0 Å². The molecule has 2 rings (SSSR count). The van der Waals surface area contributed by atoms with Crippen LogP contribution in [-0.4, -0.2) is 24.4 Å². The summed E-state index contributed by atoms with van der Waals surface area (Å²) in [7, 11) is 0. The lowest BCUT2D eigenvalue weighted by atomic mass is 10.1. The van der Waals surface area contributed by atoms with Gasteiger partial charge in [0.2, 0.25) is 5.91 Å². The Morgan fingerprint density at radius 2 is 2.00 bits per heavy atom. The first-order chi connectivity index (χ1) is 9.99. The van der Waals surface area contributed by atoms with Gasteiger partial charge in [0, 0.05) is 19.0 Å². The number of carbonyl (C=O) groups excluding carboxylic acids is 2. The molecule has 0 spiro atoms. The zero-order valence-corrected chi connectivity index (χ0v) is 11.4.